The van der Waals surface area contributed by atoms with Crippen molar-refractivity contribution >= 4 is 21.8 Å². The molecule has 0 amide bonds. The van der Waals surface area contributed by atoms with E-state index in [1.54, 1.807) is 0 Å². The molecule has 0 spiro atoms. The molecule has 0 atom stereocenters. The summed E-state index contributed by atoms with van der Waals surface area (Å²) in [6, 6.07) is 66.4. The molecular formula is C55H40N6. The van der Waals surface area contributed by atoms with E-state index < -0.39 is 0 Å². The van der Waals surface area contributed by atoms with Crippen molar-refractivity contribution in [3.8, 4) is 79.6 Å². The SMILES string of the molecule is CC(C)(C)c1ccc2c3ccccc3n(-c3c(-c4nc(-c5ccccc5)cc(-c5ccccc5)n4)cc(C#N)cc3-c3nc(-c4ccccc4)cc(-c4ccccc4)n3)c2c1. The fourth-order valence-electron chi connectivity index (χ4n) is 8.12. The van der Waals surface area contributed by atoms with E-state index in [2.05, 4.69) is 122 Å². The summed E-state index contributed by atoms with van der Waals surface area (Å²) in [6.07, 6.45) is 0. The van der Waals surface area contributed by atoms with Crippen LogP contribution >= 0.6 is 0 Å². The lowest BCUT2D eigenvalue weighted by Crippen LogP contribution is -2.11. The Morgan fingerprint density at radius 2 is 0.820 bits per heavy atom. The molecule has 0 unspecified atom stereocenters. The van der Waals surface area contributed by atoms with Crippen molar-refractivity contribution in [3.63, 3.8) is 0 Å². The summed E-state index contributed by atoms with van der Waals surface area (Å²) in [6.45, 7) is 6.71. The Balaban J connectivity index is 1.38. The number of nitriles is 1. The van der Waals surface area contributed by atoms with Gasteiger partial charge < -0.3 is 4.57 Å². The Bertz CT molecular complexity index is 3010. The van der Waals surface area contributed by atoms with Crippen molar-refractivity contribution in [3.05, 3.63) is 199 Å². The highest BCUT2D eigenvalue weighted by molar-refractivity contribution is 6.10. The third-order valence-corrected chi connectivity index (χ3v) is 11.2. The van der Waals surface area contributed by atoms with Crippen LogP contribution in [0.25, 0.3) is 95.3 Å². The first-order valence-corrected chi connectivity index (χ1v) is 20.5. The van der Waals surface area contributed by atoms with Crippen molar-refractivity contribution in [1.82, 2.24) is 24.5 Å². The van der Waals surface area contributed by atoms with Crippen LogP contribution in [-0.2, 0) is 5.41 Å². The molecule has 10 rings (SSSR count). The highest BCUT2D eigenvalue weighted by atomic mass is 15.0. The van der Waals surface area contributed by atoms with Gasteiger partial charge in [-0.05, 0) is 47.4 Å². The van der Waals surface area contributed by atoms with E-state index in [9.17, 15) is 5.26 Å². The van der Waals surface area contributed by atoms with E-state index in [1.165, 1.54) is 5.56 Å². The standard InChI is InChI=1S/C55H40N6/c1-55(2,3)41-28-29-43-42-26-16-17-27-50(42)61(51(43)32-41)52-44(53-57-46(37-18-8-4-9-19-37)33-47(58-53)38-20-10-5-11-21-38)30-36(35-56)31-45(52)54-59-48(39-22-12-6-13-23-39)34-49(60-54)40-24-14-7-15-25-40/h4-34H,1-3H3. The average Bonchev–Trinajstić information content (AvgIpc) is 3.65. The van der Waals surface area contributed by atoms with Gasteiger partial charge in [0.2, 0.25) is 0 Å². The maximum atomic E-state index is 10.9. The van der Waals surface area contributed by atoms with Crippen molar-refractivity contribution in [2.24, 2.45) is 0 Å². The van der Waals surface area contributed by atoms with Crippen molar-refractivity contribution in [2.45, 2.75) is 26.2 Å². The van der Waals surface area contributed by atoms with Crippen LogP contribution in [0.15, 0.2) is 188 Å². The van der Waals surface area contributed by atoms with Gasteiger partial charge in [-0.25, -0.2) is 19.9 Å². The molecule has 0 N–H and O–H groups in total. The Morgan fingerprint density at radius 3 is 1.23 bits per heavy atom. The van der Waals surface area contributed by atoms with Crippen molar-refractivity contribution < 1.29 is 0 Å². The smallest absolute Gasteiger partial charge is 0.162 e. The maximum absolute atomic E-state index is 10.9. The quantitative estimate of drug-likeness (QED) is 0.161. The molecule has 6 nitrogen and oxygen atoms in total. The van der Waals surface area contributed by atoms with Gasteiger partial charge in [-0.1, -0.05) is 172 Å². The van der Waals surface area contributed by atoms with Gasteiger partial charge >= 0.3 is 0 Å². The first kappa shape index (κ1) is 37.3. The minimum absolute atomic E-state index is 0.124. The van der Waals surface area contributed by atoms with Gasteiger partial charge in [-0.15, -0.1) is 0 Å². The van der Waals surface area contributed by atoms with Gasteiger partial charge in [-0.2, -0.15) is 5.26 Å². The Labute approximate surface area is 355 Å². The second-order valence-electron chi connectivity index (χ2n) is 16.3. The largest absolute Gasteiger partial charge is 0.308 e. The first-order valence-electron chi connectivity index (χ1n) is 20.5. The number of rotatable bonds is 7. The molecule has 0 saturated heterocycles. The zero-order chi connectivity index (χ0) is 41.5. The van der Waals surface area contributed by atoms with Gasteiger partial charge in [0.25, 0.3) is 0 Å². The van der Waals surface area contributed by atoms with Crippen LogP contribution in [0.4, 0.5) is 0 Å². The molecular weight excluding hydrogens is 745 g/mol. The number of fused-ring (bicyclic) bond motifs is 3. The second kappa shape index (κ2) is 15.3. The molecule has 61 heavy (non-hydrogen) atoms. The summed E-state index contributed by atoms with van der Waals surface area (Å²) in [5.74, 6) is 0.961. The second-order valence-corrected chi connectivity index (χ2v) is 16.3. The van der Waals surface area contributed by atoms with E-state index in [4.69, 9.17) is 19.9 Å². The molecule has 10 aromatic rings. The third-order valence-electron chi connectivity index (χ3n) is 11.2. The van der Waals surface area contributed by atoms with E-state index in [1.807, 2.05) is 97.1 Å². The zero-order valence-corrected chi connectivity index (χ0v) is 34.1. The summed E-state index contributed by atoms with van der Waals surface area (Å²) in [7, 11) is 0. The molecule has 0 aliphatic carbocycles. The highest BCUT2D eigenvalue weighted by Gasteiger charge is 2.26. The summed E-state index contributed by atoms with van der Waals surface area (Å²) in [4.78, 5) is 21.4. The summed E-state index contributed by atoms with van der Waals surface area (Å²) < 4.78 is 2.31. The van der Waals surface area contributed by atoms with Crippen LogP contribution in [0.1, 0.15) is 31.9 Å². The minimum Gasteiger partial charge on any atom is -0.308 e. The van der Waals surface area contributed by atoms with Crippen molar-refractivity contribution in [1.29, 1.82) is 5.26 Å². The van der Waals surface area contributed by atoms with E-state index in [0.717, 1.165) is 72.5 Å². The average molecular weight is 785 g/mol. The molecule has 0 aliphatic heterocycles. The molecule has 7 aromatic carbocycles. The lowest BCUT2D eigenvalue weighted by Gasteiger charge is -2.22. The van der Waals surface area contributed by atoms with Crippen LogP contribution < -0.4 is 0 Å². The summed E-state index contributed by atoms with van der Waals surface area (Å²) >= 11 is 0. The summed E-state index contributed by atoms with van der Waals surface area (Å²) in [5.41, 5.74) is 12.6. The molecule has 0 radical (unpaired) electrons. The number of hydrogen-bond acceptors (Lipinski definition) is 5. The van der Waals surface area contributed by atoms with Gasteiger partial charge in [0.1, 0.15) is 0 Å². The molecule has 0 bridgehead atoms. The first-order chi connectivity index (χ1) is 29.8. The monoisotopic (exact) mass is 784 g/mol. The lowest BCUT2D eigenvalue weighted by molar-refractivity contribution is 0.591. The van der Waals surface area contributed by atoms with Gasteiger partial charge in [0, 0.05) is 44.2 Å². The Kier molecular flexibility index (Phi) is 9.35. The highest BCUT2D eigenvalue weighted by Crippen LogP contribution is 2.43. The molecule has 0 aliphatic rings. The minimum atomic E-state index is -0.124. The van der Waals surface area contributed by atoms with Crippen molar-refractivity contribution in [2.75, 3.05) is 0 Å². The van der Waals surface area contributed by atoms with Gasteiger partial charge in [-0.3, -0.25) is 0 Å². The topological polar surface area (TPSA) is 80.3 Å². The van der Waals surface area contributed by atoms with Gasteiger partial charge in [0.05, 0.1) is 51.1 Å². The molecule has 0 saturated carbocycles. The normalized spacial score (nSPS) is 11.5. The molecule has 0 fully saturated rings. The van der Waals surface area contributed by atoms with Crippen LogP contribution in [0, 0.1) is 11.3 Å². The Morgan fingerprint density at radius 1 is 0.426 bits per heavy atom. The number of para-hydroxylation sites is 1. The predicted octanol–water partition coefficient (Wildman–Crippen LogP) is 13.5. The predicted molar refractivity (Wildman–Crippen MR) is 248 cm³/mol. The summed E-state index contributed by atoms with van der Waals surface area (Å²) in [5, 5.41) is 13.1. The van der Waals surface area contributed by atoms with Crippen LogP contribution in [-0.4, -0.2) is 24.5 Å². The maximum Gasteiger partial charge on any atom is 0.162 e. The number of aromatic nitrogens is 5. The molecule has 290 valence electrons. The molecule has 3 aromatic heterocycles. The van der Waals surface area contributed by atoms with E-state index >= 15 is 0 Å². The Hall–Kier alpha value is -8.01. The number of nitrogens with zero attached hydrogens (tertiary/aromatic N) is 6. The molecule has 3 heterocycles. The van der Waals surface area contributed by atoms with Crippen LogP contribution in [0.2, 0.25) is 0 Å². The van der Waals surface area contributed by atoms with Crippen LogP contribution in [0.5, 0.6) is 0 Å². The lowest BCUT2D eigenvalue weighted by atomic mass is 9.86. The third kappa shape index (κ3) is 7.03. The van der Waals surface area contributed by atoms with E-state index in [0.29, 0.717) is 28.3 Å². The fraction of sp³-hybridized carbons (Fsp3) is 0.0727. The van der Waals surface area contributed by atoms with E-state index in [-0.39, 0.29) is 5.41 Å². The number of benzene rings is 7. The van der Waals surface area contributed by atoms with Gasteiger partial charge in [0.15, 0.2) is 11.6 Å². The number of hydrogen-bond donors (Lipinski definition) is 0. The van der Waals surface area contributed by atoms with Crippen LogP contribution in [0.3, 0.4) is 0 Å². The fourth-order valence-corrected chi connectivity index (χ4v) is 8.12. The molecule has 6 heteroatoms. The zero-order valence-electron chi connectivity index (χ0n) is 34.1.